The highest BCUT2D eigenvalue weighted by Crippen LogP contribution is 2.28. The van der Waals surface area contributed by atoms with E-state index in [2.05, 4.69) is 29.2 Å². The molecule has 0 saturated heterocycles. The van der Waals surface area contributed by atoms with E-state index < -0.39 is 0 Å². The summed E-state index contributed by atoms with van der Waals surface area (Å²) in [6.45, 7) is 2.68. The molecule has 1 unspecified atom stereocenters. The molecule has 2 rings (SSSR count). The summed E-state index contributed by atoms with van der Waals surface area (Å²) in [5.74, 6) is 0. The molecule has 2 N–H and O–H groups in total. The van der Waals surface area contributed by atoms with Gasteiger partial charge in [0.05, 0.1) is 12.6 Å². The number of fused-ring (bicyclic) bond motifs is 1. The van der Waals surface area contributed by atoms with Crippen LogP contribution in [0.2, 0.25) is 0 Å². The van der Waals surface area contributed by atoms with Crippen LogP contribution >= 0.6 is 0 Å². The number of hydrogen-bond acceptors (Lipinski definition) is 3. The van der Waals surface area contributed by atoms with Gasteiger partial charge in [0.25, 0.3) is 0 Å². The van der Waals surface area contributed by atoms with Crippen LogP contribution in [0.25, 0.3) is 0 Å². The molecule has 1 aliphatic heterocycles. The minimum Gasteiger partial charge on any atom is -0.383 e. The number of methoxy groups -OCH3 is 1. The molecule has 0 radical (unpaired) electrons. The second kappa shape index (κ2) is 7.51. The Morgan fingerprint density at radius 2 is 2.16 bits per heavy atom. The van der Waals surface area contributed by atoms with E-state index in [1.54, 1.807) is 7.11 Å². The summed E-state index contributed by atoms with van der Waals surface area (Å²) in [7, 11) is 1.79. The molecule has 1 heterocycles. The molecule has 3 nitrogen and oxygen atoms in total. The maximum absolute atomic E-state index is 5.67. The first-order valence-corrected chi connectivity index (χ1v) is 7.40. The minimum absolute atomic E-state index is 0.452. The SMILES string of the molecule is COCC(CCCN)N1CCCCc2ccccc21. The lowest BCUT2D eigenvalue weighted by atomic mass is 10.1. The third-order valence-electron chi connectivity index (χ3n) is 3.94. The number of para-hydroxylation sites is 1. The highest BCUT2D eigenvalue weighted by atomic mass is 16.5. The number of aryl methyl sites for hydroxylation is 1. The van der Waals surface area contributed by atoms with E-state index in [0.717, 1.165) is 32.5 Å². The number of hydrogen-bond donors (Lipinski definition) is 1. The lowest BCUT2D eigenvalue weighted by Gasteiger charge is -2.33. The van der Waals surface area contributed by atoms with Crippen LogP contribution in [0.15, 0.2) is 24.3 Å². The maximum atomic E-state index is 5.67. The predicted molar refractivity (Wildman–Crippen MR) is 80.7 cm³/mol. The Bertz CT molecular complexity index is 381. The molecule has 0 saturated carbocycles. The monoisotopic (exact) mass is 262 g/mol. The van der Waals surface area contributed by atoms with Gasteiger partial charge in [0.1, 0.15) is 0 Å². The molecule has 1 atom stereocenters. The molecule has 1 aromatic carbocycles. The summed E-state index contributed by atoms with van der Waals surface area (Å²) in [6.07, 6.45) is 5.91. The average molecular weight is 262 g/mol. The third kappa shape index (κ3) is 3.71. The fourth-order valence-electron chi connectivity index (χ4n) is 2.97. The number of nitrogens with two attached hydrogens (primary N) is 1. The number of nitrogens with zero attached hydrogens (tertiary/aromatic N) is 1. The predicted octanol–water partition coefficient (Wildman–Crippen LogP) is 2.58. The van der Waals surface area contributed by atoms with Crippen molar-refractivity contribution >= 4 is 5.69 Å². The fraction of sp³-hybridized carbons (Fsp3) is 0.625. The van der Waals surface area contributed by atoms with E-state index in [0.29, 0.717) is 6.04 Å². The van der Waals surface area contributed by atoms with Crippen LogP contribution < -0.4 is 10.6 Å². The van der Waals surface area contributed by atoms with Gasteiger partial charge in [-0.2, -0.15) is 0 Å². The van der Waals surface area contributed by atoms with Crippen LogP contribution in [-0.2, 0) is 11.2 Å². The summed E-state index contributed by atoms with van der Waals surface area (Å²) in [6, 6.07) is 9.26. The lowest BCUT2D eigenvalue weighted by Crippen LogP contribution is -2.39. The fourth-order valence-corrected chi connectivity index (χ4v) is 2.97. The van der Waals surface area contributed by atoms with Crippen LogP contribution in [0.4, 0.5) is 5.69 Å². The van der Waals surface area contributed by atoms with Crippen molar-refractivity contribution in [1.29, 1.82) is 0 Å². The van der Waals surface area contributed by atoms with Crippen molar-refractivity contribution in [2.24, 2.45) is 5.73 Å². The van der Waals surface area contributed by atoms with Crippen molar-refractivity contribution in [3.63, 3.8) is 0 Å². The van der Waals surface area contributed by atoms with Gasteiger partial charge in [-0.3, -0.25) is 0 Å². The average Bonchev–Trinajstić information content (AvgIpc) is 2.66. The van der Waals surface area contributed by atoms with E-state index in [9.17, 15) is 0 Å². The molecule has 0 aromatic heterocycles. The van der Waals surface area contributed by atoms with Gasteiger partial charge in [-0.1, -0.05) is 18.2 Å². The highest BCUT2D eigenvalue weighted by molar-refractivity contribution is 5.55. The molecule has 0 fully saturated rings. The van der Waals surface area contributed by atoms with Crippen molar-refractivity contribution in [1.82, 2.24) is 0 Å². The van der Waals surface area contributed by atoms with Crippen LogP contribution in [0.5, 0.6) is 0 Å². The van der Waals surface area contributed by atoms with Crippen molar-refractivity contribution in [2.75, 3.05) is 31.7 Å². The molecular weight excluding hydrogens is 236 g/mol. The zero-order valence-electron chi connectivity index (χ0n) is 12.0. The Morgan fingerprint density at radius 1 is 1.32 bits per heavy atom. The first-order chi connectivity index (χ1) is 9.36. The molecule has 0 spiro atoms. The van der Waals surface area contributed by atoms with Gasteiger partial charge in [-0.15, -0.1) is 0 Å². The lowest BCUT2D eigenvalue weighted by molar-refractivity contribution is 0.172. The van der Waals surface area contributed by atoms with Crippen LogP contribution in [-0.4, -0.2) is 32.8 Å². The largest absolute Gasteiger partial charge is 0.383 e. The van der Waals surface area contributed by atoms with E-state index in [1.165, 1.54) is 30.5 Å². The Morgan fingerprint density at radius 3 is 2.95 bits per heavy atom. The maximum Gasteiger partial charge on any atom is 0.0666 e. The second-order valence-electron chi connectivity index (χ2n) is 5.32. The van der Waals surface area contributed by atoms with Gasteiger partial charge in [-0.25, -0.2) is 0 Å². The van der Waals surface area contributed by atoms with E-state index in [-0.39, 0.29) is 0 Å². The normalized spacial score (nSPS) is 16.8. The van der Waals surface area contributed by atoms with Crippen LogP contribution in [0.1, 0.15) is 31.2 Å². The van der Waals surface area contributed by atoms with Crippen molar-refractivity contribution in [2.45, 2.75) is 38.1 Å². The molecule has 19 heavy (non-hydrogen) atoms. The van der Waals surface area contributed by atoms with Crippen LogP contribution in [0, 0.1) is 0 Å². The van der Waals surface area contributed by atoms with Crippen LogP contribution in [0.3, 0.4) is 0 Å². The Kier molecular flexibility index (Phi) is 5.67. The van der Waals surface area contributed by atoms with Gasteiger partial charge in [-0.05, 0) is 50.3 Å². The van der Waals surface area contributed by atoms with Gasteiger partial charge in [0.2, 0.25) is 0 Å². The number of rotatable bonds is 6. The van der Waals surface area contributed by atoms with E-state index in [1.807, 2.05) is 0 Å². The molecule has 0 amide bonds. The molecule has 1 aliphatic rings. The zero-order valence-corrected chi connectivity index (χ0v) is 12.0. The number of anilines is 1. The Labute approximate surface area is 116 Å². The highest BCUT2D eigenvalue weighted by Gasteiger charge is 2.22. The van der Waals surface area contributed by atoms with E-state index in [4.69, 9.17) is 10.5 Å². The van der Waals surface area contributed by atoms with Crippen molar-refractivity contribution in [3.05, 3.63) is 29.8 Å². The smallest absolute Gasteiger partial charge is 0.0666 e. The first-order valence-electron chi connectivity index (χ1n) is 7.40. The topological polar surface area (TPSA) is 38.5 Å². The van der Waals surface area contributed by atoms with Gasteiger partial charge < -0.3 is 15.4 Å². The number of ether oxygens (including phenoxy) is 1. The number of benzene rings is 1. The third-order valence-corrected chi connectivity index (χ3v) is 3.94. The van der Waals surface area contributed by atoms with Crippen molar-refractivity contribution < 1.29 is 4.74 Å². The summed E-state index contributed by atoms with van der Waals surface area (Å²) in [4.78, 5) is 2.54. The standard InChI is InChI=1S/C16H26N2O/c1-19-13-15(9-6-11-17)18-12-5-4-8-14-7-2-3-10-16(14)18/h2-3,7,10,15H,4-6,8-9,11-13,17H2,1H3. The molecule has 0 aliphatic carbocycles. The molecule has 1 aromatic rings. The Balaban J connectivity index is 2.20. The molecule has 0 bridgehead atoms. The quantitative estimate of drug-likeness (QED) is 0.856. The van der Waals surface area contributed by atoms with E-state index >= 15 is 0 Å². The van der Waals surface area contributed by atoms with Crippen molar-refractivity contribution in [3.8, 4) is 0 Å². The summed E-state index contributed by atoms with van der Waals surface area (Å²) in [5.41, 5.74) is 8.55. The van der Waals surface area contributed by atoms with Gasteiger partial charge >= 0.3 is 0 Å². The summed E-state index contributed by atoms with van der Waals surface area (Å²) < 4.78 is 5.43. The zero-order chi connectivity index (χ0) is 13.5. The summed E-state index contributed by atoms with van der Waals surface area (Å²) in [5, 5.41) is 0. The summed E-state index contributed by atoms with van der Waals surface area (Å²) >= 11 is 0. The minimum atomic E-state index is 0.452. The second-order valence-corrected chi connectivity index (χ2v) is 5.32. The molecule has 3 heteroatoms. The first kappa shape index (κ1) is 14.4. The van der Waals surface area contributed by atoms with Gasteiger partial charge in [0.15, 0.2) is 0 Å². The molecular formula is C16H26N2O. The molecule has 106 valence electrons. The van der Waals surface area contributed by atoms with Gasteiger partial charge in [0, 0.05) is 19.3 Å². The Hall–Kier alpha value is -1.06.